The molecule has 0 bridgehead atoms. The number of nitrogens with zero attached hydrogens (tertiary/aromatic N) is 6. The average Bonchev–Trinajstić information content (AvgIpc) is 3.14. The molecule has 0 atom stereocenters. The van der Waals surface area contributed by atoms with Crippen molar-refractivity contribution in [1.29, 1.82) is 0 Å². The van der Waals surface area contributed by atoms with Gasteiger partial charge in [-0.05, 0) is 18.6 Å². The normalized spacial score (nSPS) is 12.0. The molecule has 4 aromatic heterocycles. The lowest BCUT2D eigenvalue weighted by molar-refractivity contribution is 0.718. The van der Waals surface area contributed by atoms with Crippen LogP contribution in [0.15, 0.2) is 24.5 Å². The first-order valence-corrected chi connectivity index (χ1v) is 8.07. The van der Waals surface area contributed by atoms with Gasteiger partial charge in [-0.2, -0.15) is 9.61 Å². The molecule has 0 spiro atoms. The fourth-order valence-electron chi connectivity index (χ4n) is 2.59. The zero-order valence-electron chi connectivity index (χ0n) is 12.7. The van der Waals surface area contributed by atoms with Crippen LogP contribution in [0.4, 0.5) is 0 Å². The van der Waals surface area contributed by atoms with Crippen molar-refractivity contribution in [1.82, 2.24) is 29.2 Å². The Morgan fingerprint density at radius 1 is 1.27 bits per heavy atom. The second kappa shape index (κ2) is 4.88. The molecule has 0 aliphatic rings. The molecule has 4 heterocycles. The standard InChI is InChI=1S/C15H16N6S/c1-9(2)13-17-18-15-21(13)19-12(22-15)7-11-8-16-14-10(3)5-4-6-20(11)14/h4-6,8-9H,7H2,1-3H3. The van der Waals surface area contributed by atoms with Crippen LogP contribution >= 0.6 is 11.3 Å². The maximum Gasteiger partial charge on any atom is 0.234 e. The van der Waals surface area contributed by atoms with Crippen molar-refractivity contribution in [3.63, 3.8) is 0 Å². The largest absolute Gasteiger partial charge is 0.303 e. The van der Waals surface area contributed by atoms with E-state index >= 15 is 0 Å². The smallest absolute Gasteiger partial charge is 0.234 e. The number of pyridine rings is 1. The number of hydrogen-bond donors (Lipinski definition) is 0. The Morgan fingerprint density at radius 3 is 2.95 bits per heavy atom. The summed E-state index contributed by atoms with van der Waals surface area (Å²) in [5.74, 6) is 1.22. The first-order chi connectivity index (χ1) is 10.6. The molecule has 0 saturated heterocycles. The van der Waals surface area contributed by atoms with Crippen LogP contribution in [0.25, 0.3) is 10.6 Å². The van der Waals surface area contributed by atoms with Gasteiger partial charge in [-0.15, -0.1) is 10.2 Å². The molecule has 6 nitrogen and oxygen atoms in total. The monoisotopic (exact) mass is 312 g/mol. The van der Waals surface area contributed by atoms with Crippen LogP contribution in [0.5, 0.6) is 0 Å². The minimum Gasteiger partial charge on any atom is -0.303 e. The van der Waals surface area contributed by atoms with Gasteiger partial charge in [-0.1, -0.05) is 31.3 Å². The van der Waals surface area contributed by atoms with Crippen molar-refractivity contribution in [2.45, 2.75) is 33.1 Å². The van der Waals surface area contributed by atoms with Crippen LogP contribution in [0, 0.1) is 6.92 Å². The van der Waals surface area contributed by atoms with Gasteiger partial charge in [0.05, 0.1) is 0 Å². The van der Waals surface area contributed by atoms with E-state index in [4.69, 9.17) is 0 Å². The van der Waals surface area contributed by atoms with Crippen molar-refractivity contribution in [2.24, 2.45) is 0 Å². The summed E-state index contributed by atoms with van der Waals surface area (Å²) in [4.78, 5) is 5.36. The van der Waals surface area contributed by atoms with Crippen LogP contribution in [-0.4, -0.2) is 29.2 Å². The molecule has 0 aliphatic carbocycles. The van der Waals surface area contributed by atoms with Crippen molar-refractivity contribution in [3.05, 3.63) is 46.6 Å². The molecule has 4 rings (SSSR count). The number of aromatic nitrogens is 6. The Bertz CT molecular complexity index is 961. The van der Waals surface area contributed by atoms with Gasteiger partial charge in [-0.25, -0.2) is 4.98 Å². The van der Waals surface area contributed by atoms with Gasteiger partial charge >= 0.3 is 0 Å². The second-order valence-electron chi connectivity index (χ2n) is 5.71. The maximum atomic E-state index is 4.67. The molecule has 0 N–H and O–H groups in total. The molecule has 22 heavy (non-hydrogen) atoms. The van der Waals surface area contributed by atoms with Crippen molar-refractivity contribution in [2.75, 3.05) is 0 Å². The first-order valence-electron chi connectivity index (χ1n) is 7.26. The van der Waals surface area contributed by atoms with E-state index in [1.54, 1.807) is 11.3 Å². The molecule has 112 valence electrons. The summed E-state index contributed by atoms with van der Waals surface area (Å²) >= 11 is 1.58. The molecular formula is C15H16N6S. The summed E-state index contributed by atoms with van der Waals surface area (Å²) in [5.41, 5.74) is 3.31. The van der Waals surface area contributed by atoms with E-state index < -0.39 is 0 Å². The van der Waals surface area contributed by atoms with E-state index in [0.29, 0.717) is 5.92 Å². The van der Waals surface area contributed by atoms with Gasteiger partial charge in [0.2, 0.25) is 4.96 Å². The summed E-state index contributed by atoms with van der Waals surface area (Å²) < 4.78 is 3.99. The van der Waals surface area contributed by atoms with Gasteiger partial charge in [0.25, 0.3) is 0 Å². The Morgan fingerprint density at radius 2 is 2.14 bits per heavy atom. The fourth-order valence-corrected chi connectivity index (χ4v) is 3.45. The average molecular weight is 312 g/mol. The minimum absolute atomic E-state index is 0.309. The number of hydrogen-bond acceptors (Lipinski definition) is 5. The van der Waals surface area contributed by atoms with Crippen molar-refractivity contribution in [3.8, 4) is 0 Å². The summed E-state index contributed by atoms with van der Waals surface area (Å²) in [6, 6.07) is 4.12. The molecule has 0 fully saturated rings. The summed E-state index contributed by atoms with van der Waals surface area (Å²) in [7, 11) is 0. The van der Waals surface area contributed by atoms with Crippen molar-refractivity contribution >= 4 is 21.9 Å². The molecule has 4 aromatic rings. The van der Waals surface area contributed by atoms with Crippen LogP contribution < -0.4 is 0 Å². The third kappa shape index (κ3) is 2.00. The van der Waals surface area contributed by atoms with E-state index in [1.165, 1.54) is 5.56 Å². The minimum atomic E-state index is 0.309. The predicted molar refractivity (Wildman–Crippen MR) is 85.5 cm³/mol. The van der Waals surface area contributed by atoms with E-state index in [9.17, 15) is 0 Å². The molecule has 0 aromatic carbocycles. The lowest BCUT2D eigenvalue weighted by Crippen LogP contribution is -2.00. The first kappa shape index (κ1) is 13.4. The van der Waals surface area contributed by atoms with Gasteiger partial charge in [0, 0.05) is 30.4 Å². The third-order valence-electron chi connectivity index (χ3n) is 3.71. The highest BCUT2D eigenvalue weighted by Gasteiger charge is 2.15. The molecule has 0 aliphatic heterocycles. The predicted octanol–water partition coefficient (Wildman–Crippen LogP) is 2.86. The Hall–Kier alpha value is -2.28. The maximum absolute atomic E-state index is 4.67. The molecule has 0 unspecified atom stereocenters. The van der Waals surface area contributed by atoms with Crippen LogP contribution in [0.3, 0.4) is 0 Å². The Balaban J connectivity index is 1.75. The zero-order chi connectivity index (χ0) is 15.3. The van der Waals surface area contributed by atoms with Gasteiger partial charge in [-0.3, -0.25) is 0 Å². The van der Waals surface area contributed by atoms with Gasteiger partial charge in [0.15, 0.2) is 5.82 Å². The fraction of sp³-hybridized carbons (Fsp3) is 0.333. The molecule has 7 heteroatoms. The van der Waals surface area contributed by atoms with Crippen molar-refractivity contribution < 1.29 is 0 Å². The highest BCUT2D eigenvalue weighted by molar-refractivity contribution is 7.16. The van der Waals surface area contributed by atoms with E-state index in [-0.39, 0.29) is 0 Å². The number of rotatable bonds is 3. The summed E-state index contributed by atoms with van der Waals surface area (Å²) in [6.45, 7) is 6.27. The van der Waals surface area contributed by atoms with Crippen LogP contribution in [0.1, 0.15) is 41.9 Å². The molecular weight excluding hydrogens is 296 g/mol. The molecule has 0 radical (unpaired) electrons. The highest BCUT2D eigenvalue weighted by Crippen LogP contribution is 2.21. The van der Waals surface area contributed by atoms with Crippen LogP contribution in [-0.2, 0) is 6.42 Å². The second-order valence-corrected chi connectivity index (χ2v) is 6.75. The lowest BCUT2D eigenvalue weighted by Gasteiger charge is -2.01. The summed E-state index contributed by atoms with van der Waals surface area (Å²) in [5, 5.41) is 14.1. The lowest BCUT2D eigenvalue weighted by atomic mass is 10.2. The Labute approximate surface area is 131 Å². The van der Waals surface area contributed by atoms with Gasteiger partial charge in [0.1, 0.15) is 10.7 Å². The van der Waals surface area contributed by atoms with E-state index in [2.05, 4.69) is 51.5 Å². The number of aryl methyl sites for hydroxylation is 1. The van der Waals surface area contributed by atoms with E-state index in [0.717, 1.165) is 33.6 Å². The molecule has 0 amide bonds. The van der Waals surface area contributed by atoms with E-state index in [1.807, 2.05) is 23.0 Å². The number of imidazole rings is 1. The van der Waals surface area contributed by atoms with Gasteiger partial charge < -0.3 is 4.40 Å². The van der Waals surface area contributed by atoms with Crippen LogP contribution in [0.2, 0.25) is 0 Å². The molecule has 0 saturated carbocycles. The number of fused-ring (bicyclic) bond motifs is 2. The highest BCUT2D eigenvalue weighted by atomic mass is 32.1. The SMILES string of the molecule is Cc1cccn2c(Cc3nn4c(C(C)C)nnc4s3)cnc12. The summed E-state index contributed by atoms with van der Waals surface area (Å²) in [6.07, 6.45) is 4.72. The quantitative estimate of drug-likeness (QED) is 0.583. The topological polar surface area (TPSA) is 60.4 Å². The Kier molecular flexibility index (Phi) is 2.97. The third-order valence-corrected chi connectivity index (χ3v) is 4.61. The zero-order valence-corrected chi connectivity index (χ0v) is 13.5.